The van der Waals surface area contributed by atoms with Gasteiger partial charge in [0.1, 0.15) is 35.4 Å². The van der Waals surface area contributed by atoms with E-state index in [9.17, 15) is 48.6 Å². The minimum atomic E-state index is -1.60. The van der Waals surface area contributed by atoms with Crippen molar-refractivity contribution in [3.05, 3.63) is 59.7 Å². The van der Waals surface area contributed by atoms with Crippen molar-refractivity contribution >= 4 is 47.7 Å². The third kappa shape index (κ3) is 23.5. The van der Waals surface area contributed by atoms with E-state index < -0.39 is 89.2 Å². The minimum Gasteiger partial charge on any atom is -0.480 e. The summed E-state index contributed by atoms with van der Waals surface area (Å²) in [6.07, 6.45) is 1.82. The van der Waals surface area contributed by atoms with Gasteiger partial charge in [0.2, 0.25) is 23.6 Å². The Labute approximate surface area is 400 Å². The maximum Gasteiger partial charge on any atom is 0.407 e. The van der Waals surface area contributed by atoms with Gasteiger partial charge in [-0.05, 0) is 136 Å². The van der Waals surface area contributed by atoms with Crippen LogP contribution in [0.2, 0.25) is 0 Å². The number of aryl methyl sites for hydroxylation is 1. The van der Waals surface area contributed by atoms with Crippen LogP contribution in [0.3, 0.4) is 0 Å². The van der Waals surface area contributed by atoms with Gasteiger partial charge in [0, 0.05) is 31.6 Å². The predicted octanol–water partition coefficient (Wildman–Crippen LogP) is 4.63. The van der Waals surface area contributed by atoms with Crippen LogP contribution >= 0.6 is 0 Å². The average Bonchev–Trinajstić information content (AvgIpc) is 3.24. The Balaban J connectivity index is 2.03. The number of carbonyl (C=O) groups excluding carboxylic acids is 7. The number of nitrogens with one attached hydrogen (secondary N) is 7. The van der Waals surface area contributed by atoms with Gasteiger partial charge in [-0.15, -0.1) is 0 Å². The van der Waals surface area contributed by atoms with Gasteiger partial charge in [0.05, 0.1) is 6.10 Å². The molecule has 68 heavy (non-hydrogen) atoms. The first kappa shape index (κ1) is 57.9. The molecule has 7 amide bonds. The number of rotatable bonds is 27. The Hall–Kier alpha value is -6.24. The van der Waals surface area contributed by atoms with E-state index >= 15 is 0 Å². The molecule has 9 N–H and O–H groups in total. The van der Waals surface area contributed by atoms with E-state index in [2.05, 4.69) is 68.4 Å². The van der Waals surface area contributed by atoms with Crippen LogP contribution < -0.4 is 37.2 Å². The number of hydrogen-bond donors (Lipinski definition) is 9. The molecule has 19 heteroatoms. The molecule has 0 aliphatic heterocycles. The van der Waals surface area contributed by atoms with Gasteiger partial charge in [-0.1, -0.05) is 49.7 Å². The fourth-order valence-corrected chi connectivity index (χ4v) is 6.52. The molecule has 2 rings (SSSR count). The van der Waals surface area contributed by atoms with Crippen molar-refractivity contribution in [3.8, 4) is 11.1 Å². The highest BCUT2D eigenvalue weighted by Gasteiger charge is 2.32. The monoisotopic (exact) mass is 954 g/mol. The highest BCUT2D eigenvalue weighted by atomic mass is 16.6. The molecule has 0 aliphatic carbocycles. The zero-order valence-electron chi connectivity index (χ0n) is 41.2. The maximum atomic E-state index is 13.7. The summed E-state index contributed by atoms with van der Waals surface area (Å²) in [4.78, 5) is 102. The molecule has 0 unspecified atom stereocenters. The van der Waals surface area contributed by atoms with Crippen LogP contribution in [0, 0.1) is 0 Å². The second-order valence-electron chi connectivity index (χ2n) is 18.7. The van der Waals surface area contributed by atoms with Crippen LogP contribution in [0.15, 0.2) is 48.5 Å². The Morgan fingerprint density at radius 3 is 1.59 bits per heavy atom. The molecule has 0 aromatic heterocycles. The fraction of sp³-hybridized carbons (Fsp3) is 0.592. The molecule has 0 bridgehead atoms. The number of aliphatic carboxylic acids is 1. The standard InChI is InChI=1S/C49H75N7O12/c1-10-11-16-33-19-21-34(22-20-33)35-23-25-36(26-24-35)42(60)50-30-27-39(58)54-37(17-12-14-28-51-46(65)67-48(4,5)6)43(61)56-40(32(3)57)44(62)53-31(2)41(59)55-38(45(63)64)18-13-15-29-52-47(66)68-49(7,8)9/h19-26,31-32,37-38,40,57H,10-18,27-30H2,1-9H3,(H,50,60)(H,51,65)(H,52,66)(H,53,62)(H,54,58)(H,55,59)(H,56,61)(H,63,64)/t31-,32+,37-,38-,40-/m0/s1. The molecule has 378 valence electrons. The molecular weight excluding hydrogens is 879 g/mol. The molecular formula is C49H75N7O12. The van der Waals surface area contributed by atoms with Gasteiger partial charge in [-0.3, -0.25) is 24.0 Å². The number of carbonyl (C=O) groups is 8. The molecule has 5 atom stereocenters. The second kappa shape index (κ2) is 28.8. The van der Waals surface area contributed by atoms with Crippen LogP contribution in [0.4, 0.5) is 9.59 Å². The van der Waals surface area contributed by atoms with E-state index in [-0.39, 0.29) is 38.9 Å². The lowest BCUT2D eigenvalue weighted by molar-refractivity contribution is -0.142. The number of carboxylic acids is 1. The number of benzene rings is 2. The van der Waals surface area contributed by atoms with E-state index in [1.165, 1.54) is 19.4 Å². The molecule has 2 aromatic rings. The number of carboxylic acid groups (broad SMARTS) is 1. The lowest BCUT2D eigenvalue weighted by Crippen LogP contribution is -2.59. The third-order valence-corrected chi connectivity index (χ3v) is 10.1. The summed E-state index contributed by atoms with van der Waals surface area (Å²) in [6.45, 7) is 15.4. The van der Waals surface area contributed by atoms with Crippen molar-refractivity contribution in [1.82, 2.24) is 37.2 Å². The van der Waals surface area contributed by atoms with E-state index in [0.29, 0.717) is 31.2 Å². The van der Waals surface area contributed by atoms with Crippen LogP contribution in [0.25, 0.3) is 11.1 Å². The normalized spacial score (nSPS) is 13.6. The van der Waals surface area contributed by atoms with Crippen molar-refractivity contribution in [3.63, 3.8) is 0 Å². The van der Waals surface area contributed by atoms with Crippen molar-refractivity contribution in [2.75, 3.05) is 19.6 Å². The topological polar surface area (TPSA) is 280 Å². The Bertz CT molecular complexity index is 1960. The first-order valence-electron chi connectivity index (χ1n) is 23.4. The van der Waals surface area contributed by atoms with Gasteiger partial charge in [-0.25, -0.2) is 14.4 Å². The Morgan fingerprint density at radius 2 is 1.10 bits per heavy atom. The zero-order chi connectivity index (χ0) is 51.0. The second-order valence-corrected chi connectivity index (χ2v) is 18.7. The number of hydrogen-bond acceptors (Lipinski definition) is 11. The van der Waals surface area contributed by atoms with Crippen molar-refractivity contribution in [2.45, 2.75) is 168 Å². The minimum absolute atomic E-state index is 0.0174. The summed E-state index contributed by atoms with van der Waals surface area (Å²) in [5, 5.41) is 38.1. The SMILES string of the molecule is CCCCc1ccc(-c2ccc(C(=O)NCCC(=O)N[C@@H](CCCCNC(=O)OC(C)(C)C)C(=O)N[C@H](C(=O)N[C@@H](C)C(=O)N[C@@H](CCCCNC(=O)OC(C)(C)C)C(=O)O)[C@@H](C)O)cc2)cc1. The number of alkyl carbamates (subject to hydrolysis) is 2. The van der Waals surface area contributed by atoms with Crippen LogP contribution in [-0.2, 0) is 39.9 Å². The zero-order valence-corrected chi connectivity index (χ0v) is 41.2. The van der Waals surface area contributed by atoms with Gasteiger partial charge in [0.15, 0.2) is 0 Å². The molecule has 0 fully saturated rings. The number of unbranched alkanes of at least 4 members (excludes halogenated alkanes) is 3. The highest BCUT2D eigenvalue weighted by molar-refractivity contribution is 5.96. The summed E-state index contributed by atoms with van der Waals surface area (Å²) >= 11 is 0. The lowest BCUT2D eigenvalue weighted by atomic mass is 10.0. The number of amides is 7. The lowest BCUT2D eigenvalue weighted by Gasteiger charge is -2.26. The number of ether oxygens (including phenoxy) is 2. The van der Waals surface area contributed by atoms with Crippen LogP contribution in [0.5, 0.6) is 0 Å². The smallest absolute Gasteiger partial charge is 0.407 e. The Morgan fingerprint density at radius 1 is 0.588 bits per heavy atom. The van der Waals surface area contributed by atoms with E-state index in [0.717, 1.165) is 30.4 Å². The first-order valence-corrected chi connectivity index (χ1v) is 23.4. The molecule has 2 aromatic carbocycles. The molecule has 0 saturated carbocycles. The molecule has 0 saturated heterocycles. The van der Waals surface area contributed by atoms with Crippen molar-refractivity contribution in [1.29, 1.82) is 0 Å². The quantitative estimate of drug-likeness (QED) is 0.0555. The van der Waals surface area contributed by atoms with Gasteiger partial charge in [0.25, 0.3) is 5.91 Å². The largest absolute Gasteiger partial charge is 0.480 e. The third-order valence-electron chi connectivity index (χ3n) is 10.1. The molecule has 0 spiro atoms. The molecule has 0 heterocycles. The summed E-state index contributed by atoms with van der Waals surface area (Å²) in [5.74, 6) is -4.94. The summed E-state index contributed by atoms with van der Waals surface area (Å²) in [7, 11) is 0. The average molecular weight is 954 g/mol. The van der Waals surface area contributed by atoms with Gasteiger partial charge in [-0.2, -0.15) is 0 Å². The Kier molecular flexibility index (Phi) is 24.5. The van der Waals surface area contributed by atoms with Gasteiger partial charge >= 0.3 is 18.2 Å². The molecule has 19 nitrogen and oxygen atoms in total. The van der Waals surface area contributed by atoms with Crippen molar-refractivity contribution < 1.29 is 58.0 Å². The number of aliphatic hydroxyl groups is 1. The van der Waals surface area contributed by atoms with Gasteiger partial charge < -0.3 is 56.9 Å². The highest BCUT2D eigenvalue weighted by Crippen LogP contribution is 2.21. The van der Waals surface area contributed by atoms with Crippen LogP contribution in [0.1, 0.15) is 136 Å². The van der Waals surface area contributed by atoms with E-state index in [1.54, 1.807) is 53.7 Å². The predicted molar refractivity (Wildman–Crippen MR) is 256 cm³/mol. The van der Waals surface area contributed by atoms with E-state index in [1.807, 2.05) is 12.1 Å². The van der Waals surface area contributed by atoms with Crippen molar-refractivity contribution in [2.24, 2.45) is 0 Å². The number of aliphatic hydroxyl groups excluding tert-OH is 1. The fourth-order valence-electron chi connectivity index (χ4n) is 6.52. The summed E-state index contributed by atoms with van der Waals surface area (Å²) in [5.41, 5.74) is 2.24. The molecule has 0 radical (unpaired) electrons. The summed E-state index contributed by atoms with van der Waals surface area (Å²) in [6, 6.07) is 9.95. The van der Waals surface area contributed by atoms with E-state index in [4.69, 9.17) is 9.47 Å². The first-order chi connectivity index (χ1) is 31.9. The van der Waals surface area contributed by atoms with Crippen LogP contribution in [-0.4, -0.2) is 119 Å². The summed E-state index contributed by atoms with van der Waals surface area (Å²) < 4.78 is 10.4. The molecule has 0 aliphatic rings. The maximum absolute atomic E-state index is 13.7.